The van der Waals surface area contributed by atoms with Gasteiger partial charge in [-0.05, 0) is 52.3 Å². The Hall–Kier alpha value is -1.25. The van der Waals surface area contributed by atoms with E-state index in [0.717, 1.165) is 10.0 Å². The van der Waals surface area contributed by atoms with Crippen LogP contribution in [0.1, 0.15) is 52.4 Å². The lowest BCUT2D eigenvalue weighted by Crippen LogP contribution is -2.41. The van der Waals surface area contributed by atoms with Crippen LogP contribution in [0.5, 0.6) is 11.5 Å². The molecule has 0 aliphatic carbocycles. The first-order valence-corrected chi connectivity index (χ1v) is 9.54. The van der Waals surface area contributed by atoms with E-state index in [2.05, 4.69) is 15.9 Å². The third kappa shape index (κ3) is 3.59. The van der Waals surface area contributed by atoms with E-state index in [0.29, 0.717) is 18.1 Å². The molecule has 0 aromatic heterocycles. The second-order valence-electron chi connectivity index (χ2n) is 7.47. The largest absolute Gasteiger partial charge is 0.466 e. The number of halogens is 1. The molecule has 6 nitrogen and oxygen atoms in total. The molecule has 0 amide bonds. The molecule has 1 atom stereocenters. The van der Waals surface area contributed by atoms with Gasteiger partial charge in [-0.1, -0.05) is 15.9 Å². The third-order valence-electron chi connectivity index (χ3n) is 5.18. The summed E-state index contributed by atoms with van der Waals surface area (Å²) in [4.78, 5) is 12.2. The van der Waals surface area contributed by atoms with Gasteiger partial charge in [0.05, 0.1) is 24.2 Å². The normalized spacial score (nSPS) is 20.9. The molecule has 1 unspecified atom stereocenters. The van der Waals surface area contributed by atoms with Gasteiger partial charge in [-0.15, -0.1) is 0 Å². The SMILES string of the molecule is CCOC(=O)CC(B1OC(C)(C)C(C)(C)O1)c1cc2c(cc1Br)OCO2. The second-order valence-corrected chi connectivity index (χ2v) is 8.32. The van der Waals surface area contributed by atoms with Gasteiger partial charge in [-0.25, -0.2) is 0 Å². The zero-order chi connectivity index (χ0) is 19.1. The quantitative estimate of drug-likeness (QED) is 0.526. The van der Waals surface area contributed by atoms with Gasteiger partial charge in [-0.2, -0.15) is 0 Å². The van der Waals surface area contributed by atoms with E-state index in [-0.39, 0.29) is 25.0 Å². The number of benzene rings is 1. The maximum atomic E-state index is 12.2. The lowest BCUT2D eigenvalue weighted by atomic mass is 9.66. The van der Waals surface area contributed by atoms with Crippen LogP contribution < -0.4 is 9.47 Å². The van der Waals surface area contributed by atoms with E-state index < -0.39 is 18.3 Å². The Kier molecular flexibility index (Phi) is 5.30. The van der Waals surface area contributed by atoms with Crippen LogP contribution in [-0.2, 0) is 18.8 Å². The van der Waals surface area contributed by atoms with Crippen LogP contribution in [0.3, 0.4) is 0 Å². The van der Waals surface area contributed by atoms with E-state index >= 15 is 0 Å². The average molecular weight is 427 g/mol. The Bertz CT molecular complexity index is 689. The molecule has 142 valence electrons. The highest BCUT2D eigenvalue weighted by Crippen LogP contribution is 2.46. The fraction of sp³-hybridized carbons (Fsp3) is 0.611. The molecule has 1 aromatic carbocycles. The van der Waals surface area contributed by atoms with Crippen molar-refractivity contribution in [1.82, 2.24) is 0 Å². The molecule has 1 fully saturated rings. The van der Waals surface area contributed by atoms with Gasteiger partial charge in [-0.3, -0.25) is 4.79 Å². The summed E-state index contributed by atoms with van der Waals surface area (Å²) in [5, 5.41) is 0. The van der Waals surface area contributed by atoms with Crippen molar-refractivity contribution in [3.05, 3.63) is 22.2 Å². The predicted molar refractivity (Wildman–Crippen MR) is 100 cm³/mol. The van der Waals surface area contributed by atoms with E-state index in [1.807, 2.05) is 39.8 Å². The lowest BCUT2D eigenvalue weighted by Gasteiger charge is -2.32. The molecule has 0 N–H and O–H groups in total. The van der Waals surface area contributed by atoms with Crippen LogP contribution in [0.15, 0.2) is 16.6 Å². The molecule has 8 heteroatoms. The van der Waals surface area contributed by atoms with Crippen molar-refractivity contribution < 1.29 is 28.3 Å². The summed E-state index contributed by atoms with van der Waals surface area (Å²) in [7, 11) is -0.582. The molecule has 2 heterocycles. The van der Waals surface area contributed by atoms with Crippen molar-refractivity contribution in [2.75, 3.05) is 13.4 Å². The summed E-state index contributed by atoms with van der Waals surface area (Å²) in [6.07, 6.45) is 0.142. The van der Waals surface area contributed by atoms with E-state index in [4.69, 9.17) is 23.5 Å². The molecule has 0 spiro atoms. The van der Waals surface area contributed by atoms with Crippen molar-refractivity contribution >= 4 is 29.0 Å². The average Bonchev–Trinajstić information content (AvgIpc) is 3.06. The minimum absolute atomic E-state index is 0.142. The molecule has 0 radical (unpaired) electrons. The molecule has 2 aliphatic heterocycles. The van der Waals surface area contributed by atoms with Crippen LogP contribution in [-0.4, -0.2) is 37.7 Å². The molecular weight excluding hydrogens is 403 g/mol. The lowest BCUT2D eigenvalue weighted by molar-refractivity contribution is -0.143. The van der Waals surface area contributed by atoms with Crippen molar-refractivity contribution in [3.63, 3.8) is 0 Å². The monoisotopic (exact) mass is 426 g/mol. The van der Waals surface area contributed by atoms with Crippen LogP contribution in [0, 0.1) is 0 Å². The van der Waals surface area contributed by atoms with Gasteiger partial charge in [0, 0.05) is 10.3 Å². The molecule has 0 saturated carbocycles. The zero-order valence-corrected chi connectivity index (χ0v) is 17.3. The molecule has 1 aromatic rings. The standard InChI is InChI=1S/C18H24BBrO6/c1-6-22-16(21)8-12(19-25-17(2,3)18(4,5)26-19)11-7-14-15(9-13(11)20)24-10-23-14/h7,9,12H,6,8,10H2,1-5H3. The van der Waals surface area contributed by atoms with Crippen molar-refractivity contribution in [2.45, 2.75) is 58.1 Å². The van der Waals surface area contributed by atoms with Gasteiger partial charge in [0.25, 0.3) is 0 Å². The highest BCUT2D eigenvalue weighted by Gasteiger charge is 2.54. The number of hydrogen-bond acceptors (Lipinski definition) is 6. The maximum absolute atomic E-state index is 12.2. The summed E-state index contributed by atoms with van der Waals surface area (Å²) in [6, 6.07) is 3.72. The number of carbonyl (C=O) groups excluding carboxylic acids is 1. The summed E-state index contributed by atoms with van der Waals surface area (Å²) in [6.45, 7) is 10.3. The molecular formula is C18H24BBrO6. The Balaban J connectivity index is 1.96. The van der Waals surface area contributed by atoms with Gasteiger partial charge in [0.1, 0.15) is 0 Å². The summed E-state index contributed by atoms with van der Waals surface area (Å²) < 4.78 is 29.3. The highest BCUT2D eigenvalue weighted by molar-refractivity contribution is 9.10. The van der Waals surface area contributed by atoms with Crippen LogP contribution in [0.4, 0.5) is 0 Å². The zero-order valence-electron chi connectivity index (χ0n) is 15.8. The Morgan fingerprint density at radius 2 is 1.77 bits per heavy atom. The van der Waals surface area contributed by atoms with Gasteiger partial charge < -0.3 is 23.5 Å². The predicted octanol–water partition coefficient (Wildman–Crippen LogP) is 3.85. The van der Waals surface area contributed by atoms with Crippen molar-refractivity contribution in [3.8, 4) is 11.5 Å². The maximum Gasteiger partial charge on any atom is 0.466 e. The number of hydrogen-bond donors (Lipinski definition) is 0. The first-order chi connectivity index (χ1) is 12.1. The minimum atomic E-state index is -0.582. The first kappa shape index (κ1) is 19.5. The Morgan fingerprint density at radius 3 is 2.35 bits per heavy atom. The number of fused-ring (bicyclic) bond motifs is 1. The molecule has 26 heavy (non-hydrogen) atoms. The van der Waals surface area contributed by atoms with Gasteiger partial charge >= 0.3 is 13.1 Å². The number of carbonyl (C=O) groups is 1. The fourth-order valence-electron chi connectivity index (χ4n) is 3.02. The van der Waals surface area contributed by atoms with Gasteiger partial charge in [0.15, 0.2) is 11.5 Å². The van der Waals surface area contributed by atoms with Crippen LogP contribution in [0.2, 0.25) is 0 Å². The Labute approximate surface area is 162 Å². The fourth-order valence-corrected chi connectivity index (χ4v) is 3.64. The van der Waals surface area contributed by atoms with Crippen molar-refractivity contribution in [1.29, 1.82) is 0 Å². The van der Waals surface area contributed by atoms with Crippen LogP contribution >= 0.6 is 15.9 Å². The number of esters is 1. The van der Waals surface area contributed by atoms with Crippen LogP contribution in [0.25, 0.3) is 0 Å². The number of ether oxygens (including phenoxy) is 3. The van der Waals surface area contributed by atoms with Gasteiger partial charge in [0.2, 0.25) is 6.79 Å². The first-order valence-electron chi connectivity index (χ1n) is 8.75. The molecule has 1 saturated heterocycles. The van der Waals surface area contributed by atoms with Crippen molar-refractivity contribution in [2.24, 2.45) is 0 Å². The molecule has 2 aliphatic rings. The summed E-state index contributed by atoms with van der Waals surface area (Å²) in [5.41, 5.74) is -0.123. The third-order valence-corrected chi connectivity index (χ3v) is 5.87. The highest BCUT2D eigenvalue weighted by atomic mass is 79.9. The second kappa shape index (κ2) is 7.05. The Morgan fingerprint density at radius 1 is 1.19 bits per heavy atom. The van der Waals surface area contributed by atoms with E-state index in [1.165, 1.54) is 0 Å². The molecule has 3 rings (SSSR count). The molecule has 0 bridgehead atoms. The smallest absolute Gasteiger partial charge is 0.466 e. The number of rotatable bonds is 5. The van der Waals surface area contributed by atoms with E-state index in [1.54, 1.807) is 6.92 Å². The minimum Gasteiger partial charge on any atom is -0.466 e. The summed E-state index contributed by atoms with van der Waals surface area (Å²) in [5.74, 6) is 0.675. The topological polar surface area (TPSA) is 63.2 Å². The van der Waals surface area contributed by atoms with E-state index in [9.17, 15) is 4.79 Å². The summed E-state index contributed by atoms with van der Waals surface area (Å²) >= 11 is 3.58.